The minimum Gasteiger partial charge on any atom is -0.468 e. The minimum absolute atomic E-state index is 0.177. The second-order valence-electron chi connectivity index (χ2n) is 4.02. The van der Waals surface area contributed by atoms with Crippen molar-refractivity contribution in [3.8, 4) is 0 Å². The van der Waals surface area contributed by atoms with Crippen LogP contribution in [0.3, 0.4) is 0 Å². The van der Waals surface area contributed by atoms with Crippen molar-refractivity contribution in [2.75, 3.05) is 25.1 Å². The molecule has 1 aromatic rings. The number of rotatable bonds is 6. The summed E-state index contributed by atoms with van der Waals surface area (Å²) in [6.45, 7) is 2.94. The van der Waals surface area contributed by atoms with Gasteiger partial charge in [0.2, 0.25) is 0 Å². The summed E-state index contributed by atoms with van der Waals surface area (Å²) in [6, 6.07) is 5.63. The van der Waals surface area contributed by atoms with Crippen molar-refractivity contribution in [2.45, 2.75) is 13.3 Å². The third kappa shape index (κ3) is 4.47. The molecule has 0 heterocycles. The molecule has 0 saturated heterocycles. The number of anilines is 1. The number of carbonyl (C=O) groups is 1. The van der Waals surface area contributed by atoms with E-state index in [1.165, 1.54) is 7.11 Å². The fourth-order valence-corrected chi connectivity index (χ4v) is 2.27. The van der Waals surface area contributed by atoms with Gasteiger partial charge in [-0.2, -0.15) is 0 Å². The molecule has 0 aliphatic carbocycles. The van der Waals surface area contributed by atoms with Gasteiger partial charge in [0.05, 0.1) is 7.11 Å². The molecule has 0 atom stereocenters. The molecule has 1 rings (SSSR count). The average molecular weight is 345 g/mol. The third-order valence-corrected chi connectivity index (χ3v) is 3.32. The second kappa shape index (κ2) is 7.45. The number of thiocarbonyl (C=S) groups is 1. The van der Waals surface area contributed by atoms with E-state index < -0.39 is 0 Å². The first kappa shape index (κ1) is 15.9. The number of carbonyl (C=O) groups excluding carboxylic acids is 1. The number of benzene rings is 1. The molecular formula is C13H17BrN2O2S. The number of esters is 1. The van der Waals surface area contributed by atoms with Crippen LogP contribution in [-0.2, 0) is 9.53 Å². The summed E-state index contributed by atoms with van der Waals surface area (Å²) in [6.07, 6.45) is 0.903. The lowest BCUT2D eigenvalue weighted by atomic mass is 10.1. The van der Waals surface area contributed by atoms with Crippen molar-refractivity contribution >= 4 is 44.8 Å². The van der Waals surface area contributed by atoms with Crippen LogP contribution in [0.25, 0.3) is 0 Å². The Morgan fingerprint density at radius 3 is 2.74 bits per heavy atom. The number of hydrogen-bond acceptors (Lipinski definition) is 4. The molecular weight excluding hydrogens is 328 g/mol. The number of nitrogens with zero attached hydrogens (tertiary/aromatic N) is 1. The number of halogens is 1. The van der Waals surface area contributed by atoms with E-state index in [0.717, 1.165) is 28.7 Å². The monoisotopic (exact) mass is 344 g/mol. The Morgan fingerprint density at radius 1 is 1.53 bits per heavy atom. The van der Waals surface area contributed by atoms with Gasteiger partial charge in [-0.1, -0.05) is 35.1 Å². The van der Waals surface area contributed by atoms with Crippen molar-refractivity contribution < 1.29 is 9.53 Å². The number of methoxy groups -OCH3 is 1. The molecule has 19 heavy (non-hydrogen) atoms. The van der Waals surface area contributed by atoms with Crippen LogP contribution in [0.15, 0.2) is 22.7 Å². The van der Waals surface area contributed by atoms with Crippen LogP contribution < -0.4 is 10.6 Å². The molecule has 0 aliphatic rings. The largest absolute Gasteiger partial charge is 0.468 e. The van der Waals surface area contributed by atoms with Crippen LogP contribution >= 0.6 is 28.1 Å². The Bertz CT molecular complexity index is 480. The Morgan fingerprint density at radius 2 is 2.21 bits per heavy atom. The summed E-state index contributed by atoms with van der Waals surface area (Å²) in [7, 11) is 1.38. The Hall–Kier alpha value is -1.14. The average Bonchev–Trinajstić information content (AvgIpc) is 2.37. The van der Waals surface area contributed by atoms with Gasteiger partial charge in [0.1, 0.15) is 11.5 Å². The smallest absolute Gasteiger partial charge is 0.325 e. The van der Waals surface area contributed by atoms with Crippen LogP contribution in [0.1, 0.15) is 18.9 Å². The van der Waals surface area contributed by atoms with Crippen LogP contribution in [-0.4, -0.2) is 31.2 Å². The zero-order valence-electron chi connectivity index (χ0n) is 11.0. The molecule has 4 nitrogen and oxygen atoms in total. The Balaban J connectivity index is 3.16. The fraction of sp³-hybridized carbons (Fsp3) is 0.385. The molecule has 2 N–H and O–H groups in total. The second-order valence-corrected chi connectivity index (χ2v) is 5.38. The highest BCUT2D eigenvalue weighted by atomic mass is 79.9. The zero-order valence-corrected chi connectivity index (χ0v) is 13.4. The number of ether oxygens (including phenoxy) is 1. The summed E-state index contributed by atoms with van der Waals surface area (Å²) in [4.78, 5) is 13.7. The van der Waals surface area contributed by atoms with E-state index >= 15 is 0 Å². The molecule has 0 aliphatic heterocycles. The van der Waals surface area contributed by atoms with Gasteiger partial charge in [0, 0.05) is 22.3 Å². The van der Waals surface area contributed by atoms with Gasteiger partial charge in [-0.05, 0) is 24.6 Å². The van der Waals surface area contributed by atoms with E-state index in [1.807, 2.05) is 30.0 Å². The van der Waals surface area contributed by atoms with Crippen LogP contribution in [0, 0.1) is 0 Å². The van der Waals surface area contributed by atoms with Crippen LogP contribution in [0.2, 0.25) is 0 Å². The first-order valence-corrected chi connectivity index (χ1v) is 7.10. The standard InChI is InChI=1S/C13H17BrN2O2S/c1-3-6-16(8-12(17)18-2)11-7-9(14)4-5-10(11)13(15)19/h4-5,7H,3,6,8H2,1-2H3,(H2,15,19). The van der Waals surface area contributed by atoms with Gasteiger partial charge < -0.3 is 15.4 Å². The molecule has 0 fully saturated rings. The van der Waals surface area contributed by atoms with E-state index in [-0.39, 0.29) is 12.5 Å². The third-order valence-electron chi connectivity index (χ3n) is 2.61. The predicted octanol–water partition coefficient (Wildman–Crippen LogP) is 2.47. The van der Waals surface area contributed by atoms with Crippen molar-refractivity contribution in [1.82, 2.24) is 0 Å². The van der Waals surface area contributed by atoms with E-state index in [0.29, 0.717) is 4.99 Å². The Kier molecular flexibility index (Phi) is 6.24. The SMILES string of the molecule is CCCN(CC(=O)OC)c1cc(Br)ccc1C(N)=S. The molecule has 0 bridgehead atoms. The number of hydrogen-bond donors (Lipinski definition) is 1. The highest BCUT2D eigenvalue weighted by Crippen LogP contribution is 2.25. The Labute approximate surface area is 127 Å². The predicted molar refractivity (Wildman–Crippen MR) is 84.5 cm³/mol. The molecule has 0 aromatic heterocycles. The lowest BCUT2D eigenvalue weighted by Gasteiger charge is -2.25. The van der Waals surface area contributed by atoms with Gasteiger partial charge in [-0.15, -0.1) is 0 Å². The van der Waals surface area contributed by atoms with E-state index in [9.17, 15) is 4.79 Å². The summed E-state index contributed by atoms with van der Waals surface area (Å²) in [5.74, 6) is -0.290. The number of nitrogens with two attached hydrogens (primary N) is 1. The lowest BCUT2D eigenvalue weighted by molar-refractivity contribution is -0.138. The van der Waals surface area contributed by atoms with Gasteiger partial charge in [0.25, 0.3) is 0 Å². The first-order valence-electron chi connectivity index (χ1n) is 5.90. The molecule has 0 spiro atoms. The van der Waals surface area contributed by atoms with Crippen molar-refractivity contribution in [3.63, 3.8) is 0 Å². The molecule has 104 valence electrons. The minimum atomic E-state index is -0.290. The molecule has 0 amide bonds. The van der Waals surface area contributed by atoms with E-state index in [1.54, 1.807) is 0 Å². The maximum absolute atomic E-state index is 11.5. The fourth-order valence-electron chi connectivity index (χ4n) is 1.75. The topological polar surface area (TPSA) is 55.6 Å². The van der Waals surface area contributed by atoms with Crippen LogP contribution in [0.5, 0.6) is 0 Å². The van der Waals surface area contributed by atoms with Crippen molar-refractivity contribution in [3.05, 3.63) is 28.2 Å². The van der Waals surface area contributed by atoms with Gasteiger partial charge in [0.15, 0.2) is 0 Å². The highest BCUT2D eigenvalue weighted by Gasteiger charge is 2.16. The normalized spacial score (nSPS) is 10.1. The van der Waals surface area contributed by atoms with Gasteiger partial charge in [-0.3, -0.25) is 4.79 Å². The molecule has 0 unspecified atom stereocenters. The zero-order chi connectivity index (χ0) is 14.4. The van der Waals surface area contributed by atoms with E-state index in [4.69, 9.17) is 22.7 Å². The maximum atomic E-state index is 11.5. The molecule has 6 heteroatoms. The van der Waals surface area contributed by atoms with Crippen molar-refractivity contribution in [1.29, 1.82) is 0 Å². The maximum Gasteiger partial charge on any atom is 0.325 e. The quantitative estimate of drug-likeness (QED) is 0.634. The van der Waals surface area contributed by atoms with E-state index in [2.05, 4.69) is 15.9 Å². The molecule has 0 saturated carbocycles. The van der Waals surface area contributed by atoms with Crippen LogP contribution in [0.4, 0.5) is 5.69 Å². The van der Waals surface area contributed by atoms with Gasteiger partial charge >= 0.3 is 5.97 Å². The van der Waals surface area contributed by atoms with Gasteiger partial charge in [-0.25, -0.2) is 0 Å². The highest BCUT2D eigenvalue weighted by molar-refractivity contribution is 9.10. The summed E-state index contributed by atoms with van der Waals surface area (Å²) in [5.41, 5.74) is 7.34. The summed E-state index contributed by atoms with van der Waals surface area (Å²) in [5, 5.41) is 0. The lowest BCUT2D eigenvalue weighted by Crippen LogP contribution is -2.33. The van der Waals surface area contributed by atoms with Crippen molar-refractivity contribution in [2.24, 2.45) is 5.73 Å². The molecule has 0 radical (unpaired) electrons. The first-order chi connectivity index (χ1) is 8.99. The summed E-state index contributed by atoms with van der Waals surface area (Å²) < 4.78 is 5.63. The molecule has 1 aromatic carbocycles. The summed E-state index contributed by atoms with van der Waals surface area (Å²) >= 11 is 8.48.